The minimum atomic E-state index is 0.484. The molecule has 2 unspecified atom stereocenters. The molecule has 3 nitrogen and oxygen atoms in total. The highest BCUT2D eigenvalue weighted by atomic mass is 15.2. The predicted octanol–water partition coefficient (Wildman–Crippen LogP) is 2.90. The molecule has 0 aliphatic heterocycles. The van der Waals surface area contributed by atoms with Crippen LogP contribution in [-0.4, -0.2) is 19.1 Å². The van der Waals surface area contributed by atoms with Gasteiger partial charge < -0.3 is 10.6 Å². The van der Waals surface area contributed by atoms with Crippen molar-refractivity contribution in [1.29, 1.82) is 5.26 Å². The minimum absolute atomic E-state index is 0.484. The largest absolute Gasteiger partial charge is 0.367 e. The summed E-state index contributed by atoms with van der Waals surface area (Å²) >= 11 is 0. The first kappa shape index (κ1) is 13.9. The predicted molar refractivity (Wildman–Crippen MR) is 79.0 cm³/mol. The van der Waals surface area contributed by atoms with Crippen LogP contribution in [0.4, 0.5) is 5.69 Å². The van der Waals surface area contributed by atoms with E-state index < -0.39 is 0 Å². The third-order valence-corrected chi connectivity index (χ3v) is 4.25. The fourth-order valence-electron chi connectivity index (χ4n) is 3.28. The van der Waals surface area contributed by atoms with Gasteiger partial charge in [-0.25, -0.2) is 0 Å². The molecular weight excluding hydrogens is 234 g/mol. The van der Waals surface area contributed by atoms with Crippen LogP contribution in [0.15, 0.2) is 24.3 Å². The van der Waals surface area contributed by atoms with E-state index in [2.05, 4.69) is 24.0 Å². The summed E-state index contributed by atoms with van der Waals surface area (Å²) in [6.07, 6.45) is 4.96. The van der Waals surface area contributed by atoms with E-state index in [0.717, 1.165) is 24.3 Å². The molecule has 1 aliphatic carbocycles. The molecule has 0 saturated heterocycles. The van der Waals surface area contributed by atoms with Crippen LogP contribution >= 0.6 is 0 Å². The van der Waals surface area contributed by atoms with Crippen LogP contribution in [0, 0.1) is 17.2 Å². The molecule has 0 bridgehead atoms. The van der Waals surface area contributed by atoms with Gasteiger partial charge in [0.05, 0.1) is 11.3 Å². The van der Waals surface area contributed by atoms with Crippen molar-refractivity contribution in [2.75, 3.05) is 18.0 Å². The van der Waals surface area contributed by atoms with E-state index in [4.69, 9.17) is 5.73 Å². The molecule has 2 N–H and O–H groups in total. The highest BCUT2D eigenvalue weighted by Crippen LogP contribution is 2.32. The van der Waals surface area contributed by atoms with Crippen molar-refractivity contribution in [1.82, 2.24) is 0 Å². The average molecular weight is 257 g/mol. The zero-order chi connectivity index (χ0) is 13.7. The van der Waals surface area contributed by atoms with E-state index in [0.29, 0.717) is 12.0 Å². The number of nitrogens with zero attached hydrogens (tertiary/aromatic N) is 2. The summed E-state index contributed by atoms with van der Waals surface area (Å²) in [7, 11) is 0. The molecule has 1 saturated carbocycles. The zero-order valence-electron chi connectivity index (χ0n) is 11.7. The zero-order valence-corrected chi connectivity index (χ0v) is 11.7. The Bertz CT molecular complexity index is 450. The van der Waals surface area contributed by atoms with Crippen LogP contribution < -0.4 is 10.6 Å². The Morgan fingerprint density at radius 1 is 1.32 bits per heavy atom. The third-order valence-electron chi connectivity index (χ3n) is 4.25. The van der Waals surface area contributed by atoms with E-state index in [-0.39, 0.29) is 0 Å². The normalized spacial score (nSPS) is 22.8. The Morgan fingerprint density at radius 2 is 2.05 bits per heavy atom. The fraction of sp³-hybridized carbons (Fsp3) is 0.562. The standard InChI is InChI=1S/C16H23N3/c1-2-19(15-9-5-3-7-13(15)11-17)16-10-6-4-8-14(16)12-18/h3,5,7,9,14,16H,2,4,6,8,10,12,18H2,1H3. The number of hydrogen-bond acceptors (Lipinski definition) is 3. The van der Waals surface area contributed by atoms with E-state index in [1.54, 1.807) is 0 Å². The average Bonchev–Trinajstić information content (AvgIpc) is 2.49. The lowest BCUT2D eigenvalue weighted by Crippen LogP contribution is -2.45. The van der Waals surface area contributed by atoms with Crippen molar-refractivity contribution in [2.45, 2.75) is 38.6 Å². The molecule has 2 rings (SSSR count). The van der Waals surface area contributed by atoms with Gasteiger partial charge in [-0.1, -0.05) is 25.0 Å². The van der Waals surface area contributed by atoms with Gasteiger partial charge in [0.15, 0.2) is 0 Å². The summed E-state index contributed by atoms with van der Waals surface area (Å²) < 4.78 is 0. The maximum absolute atomic E-state index is 9.28. The molecule has 0 radical (unpaired) electrons. The Kier molecular flexibility index (Phi) is 4.81. The molecule has 0 heterocycles. The SMILES string of the molecule is CCN(c1ccccc1C#N)C1CCCCC1CN. The van der Waals surface area contributed by atoms with Crippen molar-refractivity contribution < 1.29 is 0 Å². The summed E-state index contributed by atoms with van der Waals surface area (Å²) in [5.74, 6) is 0.556. The Balaban J connectivity index is 2.30. The Morgan fingerprint density at radius 3 is 2.74 bits per heavy atom. The van der Waals surface area contributed by atoms with E-state index in [1.807, 2.05) is 18.2 Å². The Labute approximate surface area is 116 Å². The third kappa shape index (κ3) is 2.90. The molecule has 0 spiro atoms. The van der Waals surface area contributed by atoms with Gasteiger partial charge in [0.1, 0.15) is 6.07 Å². The molecule has 1 fully saturated rings. The number of para-hydroxylation sites is 1. The molecule has 3 heteroatoms. The van der Waals surface area contributed by atoms with Crippen molar-refractivity contribution in [3.8, 4) is 6.07 Å². The first-order chi connectivity index (χ1) is 9.31. The highest BCUT2D eigenvalue weighted by Gasteiger charge is 2.29. The molecule has 0 amide bonds. The first-order valence-corrected chi connectivity index (χ1v) is 7.27. The molecule has 1 aliphatic rings. The Hall–Kier alpha value is -1.53. The van der Waals surface area contributed by atoms with Crippen molar-refractivity contribution in [3.63, 3.8) is 0 Å². The second-order valence-electron chi connectivity index (χ2n) is 5.26. The summed E-state index contributed by atoms with van der Waals surface area (Å²) in [5.41, 5.74) is 7.78. The van der Waals surface area contributed by atoms with E-state index in [9.17, 15) is 5.26 Å². The van der Waals surface area contributed by atoms with Crippen molar-refractivity contribution in [2.24, 2.45) is 11.7 Å². The van der Waals surface area contributed by atoms with Gasteiger partial charge in [-0.05, 0) is 44.4 Å². The van der Waals surface area contributed by atoms with Gasteiger partial charge in [0, 0.05) is 12.6 Å². The number of anilines is 1. The lowest BCUT2D eigenvalue weighted by molar-refractivity contribution is 0.300. The first-order valence-electron chi connectivity index (χ1n) is 7.27. The molecule has 0 aromatic heterocycles. The van der Waals surface area contributed by atoms with Gasteiger partial charge in [-0.2, -0.15) is 5.26 Å². The molecular formula is C16H23N3. The van der Waals surface area contributed by atoms with Gasteiger partial charge in [0.2, 0.25) is 0 Å². The minimum Gasteiger partial charge on any atom is -0.367 e. The number of benzene rings is 1. The number of nitriles is 1. The highest BCUT2D eigenvalue weighted by molar-refractivity contribution is 5.59. The molecule has 1 aromatic carbocycles. The fourth-order valence-corrected chi connectivity index (χ4v) is 3.28. The van der Waals surface area contributed by atoms with Crippen LogP contribution in [-0.2, 0) is 0 Å². The molecule has 2 atom stereocenters. The van der Waals surface area contributed by atoms with Crippen LogP contribution in [0.1, 0.15) is 38.2 Å². The van der Waals surface area contributed by atoms with E-state index >= 15 is 0 Å². The van der Waals surface area contributed by atoms with Crippen LogP contribution in [0.2, 0.25) is 0 Å². The summed E-state index contributed by atoms with van der Waals surface area (Å²) in [6.45, 7) is 3.84. The van der Waals surface area contributed by atoms with Crippen LogP contribution in [0.5, 0.6) is 0 Å². The van der Waals surface area contributed by atoms with Gasteiger partial charge in [-0.3, -0.25) is 0 Å². The smallest absolute Gasteiger partial charge is 0.101 e. The maximum Gasteiger partial charge on any atom is 0.101 e. The second-order valence-corrected chi connectivity index (χ2v) is 5.26. The second kappa shape index (κ2) is 6.58. The van der Waals surface area contributed by atoms with Crippen molar-refractivity contribution >= 4 is 5.69 Å². The summed E-state index contributed by atoms with van der Waals surface area (Å²) in [4.78, 5) is 2.38. The quantitative estimate of drug-likeness (QED) is 0.902. The topological polar surface area (TPSA) is 53.0 Å². The van der Waals surface area contributed by atoms with E-state index in [1.165, 1.54) is 25.7 Å². The number of rotatable bonds is 4. The van der Waals surface area contributed by atoms with Gasteiger partial charge in [-0.15, -0.1) is 0 Å². The molecule has 19 heavy (non-hydrogen) atoms. The number of nitrogens with two attached hydrogens (primary N) is 1. The molecule has 102 valence electrons. The lowest BCUT2D eigenvalue weighted by Gasteiger charge is -2.41. The maximum atomic E-state index is 9.28. The van der Waals surface area contributed by atoms with Gasteiger partial charge >= 0.3 is 0 Å². The van der Waals surface area contributed by atoms with Crippen LogP contribution in [0.3, 0.4) is 0 Å². The van der Waals surface area contributed by atoms with Crippen molar-refractivity contribution in [3.05, 3.63) is 29.8 Å². The lowest BCUT2D eigenvalue weighted by atomic mass is 9.83. The summed E-state index contributed by atoms with van der Waals surface area (Å²) in [6, 6.07) is 10.7. The number of hydrogen-bond donors (Lipinski definition) is 1. The monoisotopic (exact) mass is 257 g/mol. The molecule has 1 aromatic rings. The van der Waals surface area contributed by atoms with Gasteiger partial charge in [0.25, 0.3) is 0 Å². The summed E-state index contributed by atoms with van der Waals surface area (Å²) in [5, 5.41) is 9.28. The van der Waals surface area contributed by atoms with Crippen LogP contribution in [0.25, 0.3) is 0 Å².